The van der Waals surface area contributed by atoms with Crippen molar-refractivity contribution < 1.29 is 14.3 Å². The summed E-state index contributed by atoms with van der Waals surface area (Å²) in [5.74, 6) is 0.850. The highest BCUT2D eigenvalue weighted by atomic mass is 16.6. The van der Waals surface area contributed by atoms with Gasteiger partial charge in [-0.05, 0) is 62.6 Å². The van der Waals surface area contributed by atoms with Crippen molar-refractivity contribution in [3.8, 4) is 11.5 Å². The Morgan fingerprint density at radius 2 is 1.67 bits per heavy atom. The quantitative estimate of drug-likeness (QED) is 0.631. The number of carbonyl (C=O) groups excluding carboxylic acids is 1. The average Bonchev–Trinajstić information content (AvgIpc) is 2.42. The number of benzene rings is 2. The Kier molecular flexibility index (Phi) is 4.63. The molecule has 2 aromatic rings. The predicted octanol–water partition coefficient (Wildman–Crippen LogP) is 3.90. The van der Waals surface area contributed by atoms with Crippen LogP contribution in [0.2, 0.25) is 0 Å². The van der Waals surface area contributed by atoms with Crippen LogP contribution >= 0.6 is 0 Å². The van der Waals surface area contributed by atoms with Crippen LogP contribution in [-0.4, -0.2) is 12.6 Å². The van der Waals surface area contributed by atoms with E-state index in [0.717, 1.165) is 16.7 Å². The number of hydrogen-bond acceptors (Lipinski definition) is 3. The summed E-state index contributed by atoms with van der Waals surface area (Å²) in [5, 5.41) is 0. The fourth-order valence-electron chi connectivity index (χ4n) is 2.04. The molecule has 0 aliphatic heterocycles. The minimum atomic E-state index is -0.404. The van der Waals surface area contributed by atoms with Crippen molar-refractivity contribution in [3.05, 3.63) is 58.7 Å². The third kappa shape index (κ3) is 4.09. The van der Waals surface area contributed by atoms with E-state index in [4.69, 9.17) is 9.47 Å². The van der Waals surface area contributed by atoms with Gasteiger partial charge in [0.25, 0.3) is 0 Å². The van der Waals surface area contributed by atoms with Crippen LogP contribution in [0.3, 0.4) is 0 Å². The van der Waals surface area contributed by atoms with Crippen LogP contribution < -0.4 is 9.47 Å². The molecule has 0 atom stereocenters. The van der Waals surface area contributed by atoms with E-state index in [1.807, 2.05) is 58.0 Å². The molecule has 3 heteroatoms. The van der Waals surface area contributed by atoms with Crippen molar-refractivity contribution in [2.75, 3.05) is 6.61 Å². The first kappa shape index (κ1) is 15.1. The zero-order valence-electron chi connectivity index (χ0n) is 12.9. The molecule has 0 unspecified atom stereocenters. The zero-order chi connectivity index (χ0) is 15.4. The Morgan fingerprint density at radius 1 is 0.905 bits per heavy atom. The molecule has 0 saturated carbocycles. The van der Waals surface area contributed by atoms with E-state index in [1.165, 1.54) is 5.56 Å². The number of esters is 1. The van der Waals surface area contributed by atoms with Gasteiger partial charge in [0, 0.05) is 0 Å². The zero-order valence-corrected chi connectivity index (χ0v) is 12.9. The van der Waals surface area contributed by atoms with Gasteiger partial charge in [0.1, 0.15) is 11.5 Å². The third-order valence-electron chi connectivity index (χ3n) is 3.39. The van der Waals surface area contributed by atoms with Gasteiger partial charge in [-0.3, -0.25) is 0 Å². The minimum Gasteiger partial charge on any atom is -0.482 e. The van der Waals surface area contributed by atoms with Gasteiger partial charge in [-0.15, -0.1) is 0 Å². The van der Waals surface area contributed by atoms with E-state index in [0.29, 0.717) is 11.5 Å². The Balaban J connectivity index is 1.94. The number of rotatable bonds is 4. The molecule has 0 spiro atoms. The second-order valence-corrected chi connectivity index (χ2v) is 5.28. The molecule has 0 fully saturated rings. The highest BCUT2D eigenvalue weighted by Gasteiger charge is 2.08. The molecule has 0 amide bonds. The maximum absolute atomic E-state index is 11.8. The van der Waals surface area contributed by atoms with Gasteiger partial charge < -0.3 is 9.47 Å². The number of carbonyl (C=O) groups is 1. The molecule has 0 N–H and O–H groups in total. The van der Waals surface area contributed by atoms with E-state index in [1.54, 1.807) is 6.07 Å². The molecule has 0 saturated heterocycles. The van der Waals surface area contributed by atoms with Crippen molar-refractivity contribution in [2.45, 2.75) is 27.7 Å². The van der Waals surface area contributed by atoms with Crippen LogP contribution in [0.5, 0.6) is 11.5 Å². The average molecular weight is 284 g/mol. The first-order valence-corrected chi connectivity index (χ1v) is 6.93. The van der Waals surface area contributed by atoms with E-state index in [-0.39, 0.29) is 6.61 Å². The summed E-state index contributed by atoms with van der Waals surface area (Å²) in [5.41, 5.74) is 4.43. The van der Waals surface area contributed by atoms with Crippen LogP contribution in [0.25, 0.3) is 0 Å². The molecule has 3 nitrogen and oxygen atoms in total. The Hall–Kier alpha value is -2.29. The summed E-state index contributed by atoms with van der Waals surface area (Å²) in [6.07, 6.45) is 0. The van der Waals surface area contributed by atoms with Gasteiger partial charge in [-0.2, -0.15) is 0 Å². The standard InChI is InChI=1S/C18H20O3/c1-12-5-8-17(15(4)9-12)20-11-18(19)21-16-7-6-13(2)14(3)10-16/h5-10H,11H2,1-4H3. The third-order valence-corrected chi connectivity index (χ3v) is 3.39. The smallest absolute Gasteiger partial charge is 0.349 e. The molecule has 110 valence electrons. The topological polar surface area (TPSA) is 35.5 Å². The normalized spacial score (nSPS) is 10.3. The SMILES string of the molecule is Cc1ccc(OCC(=O)Oc2ccc(C)c(C)c2)c(C)c1. The van der Waals surface area contributed by atoms with Crippen LogP contribution in [0.1, 0.15) is 22.3 Å². The lowest BCUT2D eigenvalue weighted by atomic mass is 10.1. The van der Waals surface area contributed by atoms with Gasteiger partial charge >= 0.3 is 5.97 Å². The summed E-state index contributed by atoms with van der Waals surface area (Å²) in [4.78, 5) is 11.8. The maximum Gasteiger partial charge on any atom is 0.349 e. The molecule has 0 aliphatic rings. The highest BCUT2D eigenvalue weighted by Crippen LogP contribution is 2.19. The van der Waals surface area contributed by atoms with E-state index in [9.17, 15) is 4.79 Å². The fraction of sp³-hybridized carbons (Fsp3) is 0.278. The van der Waals surface area contributed by atoms with Gasteiger partial charge in [-0.1, -0.05) is 23.8 Å². The van der Waals surface area contributed by atoms with Gasteiger partial charge in [-0.25, -0.2) is 4.79 Å². The molecule has 2 aromatic carbocycles. The monoisotopic (exact) mass is 284 g/mol. The summed E-state index contributed by atoms with van der Waals surface area (Å²) in [6.45, 7) is 7.88. The lowest BCUT2D eigenvalue weighted by Gasteiger charge is -2.10. The second-order valence-electron chi connectivity index (χ2n) is 5.28. The van der Waals surface area contributed by atoms with Crippen molar-refractivity contribution in [1.29, 1.82) is 0 Å². The van der Waals surface area contributed by atoms with E-state index in [2.05, 4.69) is 0 Å². The van der Waals surface area contributed by atoms with Crippen LogP contribution in [0, 0.1) is 27.7 Å². The fourth-order valence-corrected chi connectivity index (χ4v) is 2.04. The Labute approximate surface area is 125 Å². The highest BCUT2D eigenvalue weighted by molar-refractivity contribution is 5.74. The van der Waals surface area contributed by atoms with Crippen molar-refractivity contribution in [2.24, 2.45) is 0 Å². The Morgan fingerprint density at radius 3 is 2.33 bits per heavy atom. The van der Waals surface area contributed by atoms with Gasteiger partial charge in [0.05, 0.1) is 0 Å². The first-order chi connectivity index (χ1) is 9.95. The van der Waals surface area contributed by atoms with Crippen LogP contribution in [0.4, 0.5) is 0 Å². The molecule has 0 radical (unpaired) electrons. The van der Waals surface area contributed by atoms with Crippen molar-refractivity contribution in [1.82, 2.24) is 0 Å². The largest absolute Gasteiger partial charge is 0.482 e. The van der Waals surface area contributed by atoms with E-state index >= 15 is 0 Å². The summed E-state index contributed by atoms with van der Waals surface area (Å²) in [6, 6.07) is 11.4. The summed E-state index contributed by atoms with van der Waals surface area (Å²) >= 11 is 0. The molecule has 0 aromatic heterocycles. The maximum atomic E-state index is 11.8. The Bertz CT molecular complexity index is 660. The lowest BCUT2D eigenvalue weighted by Crippen LogP contribution is -2.18. The van der Waals surface area contributed by atoms with E-state index < -0.39 is 5.97 Å². The number of hydrogen-bond donors (Lipinski definition) is 0. The molecular weight excluding hydrogens is 264 g/mol. The van der Waals surface area contributed by atoms with Gasteiger partial charge in [0.15, 0.2) is 6.61 Å². The van der Waals surface area contributed by atoms with Crippen LogP contribution in [0.15, 0.2) is 36.4 Å². The van der Waals surface area contributed by atoms with Crippen molar-refractivity contribution in [3.63, 3.8) is 0 Å². The van der Waals surface area contributed by atoms with Crippen LogP contribution in [-0.2, 0) is 4.79 Å². The summed E-state index contributed by atoms with van der Waals surface area (Å²) in [7, 11) is 0. The summed E-state index contributed by atoms with van der Waals surface area (Å²) < 4.78 is 10.8. The molecule has 21 heavy (non-hydrogen) atoms. The van der Waals surface area contributed by atoms with Gasteiger partial charge in [0.2, 0.25) is 0 Å². The minimum absolute atomic E-state index is 0.100. The molecule has 0 bridgehead atoms. The first-order valence-electron chi connectivity index (χ1n) is 6.93. The number of aryl methyl sites for hydroxylation is 4. The predicted molar refractivity (Wildman–Crippen MR) is 83.0 cm³/mol. The second kappa shape index (κ2) is 6.44. The number of ether oxygens (including phenoxy) is 2. The molecule has 2 rings (SSSR count). The molecule has 0 heterocycles. The molecular formula is C18H20O3. The van der Waals surface area contributed by atoms with Crippen molar-refractivity contribution >= 4 is 5.97 Å². The molecule has 0 aliphatic carbocycles. The lowest BCUT2D eigenvalue weighted by molar-refractivity contribution is -0.136.